The first-order valence-electron chi connectivity index (χ1n) is 8.14. The summed E-state index contributed by atoms with van der Waals surface area (Å²) in [5.74, 6) is 2.21. The second-order valence-corrected chi connectivity index (χ2v) is 7.28. The van der Waals surface area contributed by atoms with Gasteiger partial charge in [0.2, 0.25) is 0 Å². The molecule has 4 N–H and O–H groups in total. The lowest BCUT2D eigenvalue weighted by molar-refractivity contribution is -0.0980. The summed E-state index contributed by atoms with van der Waals surface area (Å²) in [6, 6.07) is 0.412. The molecule has 0 spiro atoms. The van der Waals surface area contributed by atoms with Gasteiger partial charge in [-0.1, -0.05) is 27.2 Å². The molecule has 0 aromatic rings. The summed E-state index contributed by atoms with van der Waals surface area (Å²) in [6.07, 6.45) is 7.53. The minimum Gasteiger partial charge on any atom is -0.373 e. The van der Waals surface area contributed by atoms with Gasteiger partial charge < -0.3 is 16.2 Å². The Bertz CT molecular complexity index is 282. The van der Waals surface area contributed by atoms with Gasteiger partial charge in [0, 0.05) is 12.1 Å². The van der Waals surface area contributed by atoms with E-state index in [1.165, 1.54) is 19.3 Å². The maximum atomic E-state index is 6.46. The van der Waals surface area contributed by atoms with Crippen LogP contribution in [0.1, 0.15) is 59.3 Å². The molecular weight excluding hydrogens is 236 g/mol. The Labute approximate surface area is 118 Å². The molecule has 2 aliphatic rings. The van der Waals surface area contributed by atoms with E-state index < -0.39 is 0 Å². The van der Waals surface area contributed by atoms with Gasteiger partial charge in [-0.2, -0.15) is 0 Å². The molecule has 0 heterocycles. The van der Waals surface area contributed by atoms with E-state index in [0.29, 0.717) is 17.9 Å². The Hall–Kier alpha value is -0.120. The second-order valence-electron chi connectivity index (χ2n) is 7.28. The molecule has 2 fully saturated rings. The molecule has 2 aliphatic carbocycles. The third-order valence-corrected chi connectivity index (χ3v) is 5.19. The fourth-order valence-corrected chi connectivity index (χ4v) is 3.88. The molecule has 2 rings (SSSR count). The van der Waals surface area contributed by atoms with Gasteiger partial charge in [0.1, 0.15) is 0 Å². The van der Waals surface area contributed by atoms with E-state index in [4.69, 9.17) is 16.2 Å². The highest BCUT2D eigenvalue weighted by atomic mass is 16.5. The van der Waals surface area contributed by atoms with Crippen molar-refractivity contribution < 1.29 is 4.74 Å². The van der Waals surface area contributed by atoms with Crippen LogP contribution in [0.5, 0.6) is 0 Å². The van der Waals surface area contributed by atoms with Crippen molar-refractivity contribution in [3.8, 4) is 0 Å². The molecule has 0 aromatic carbocycles. The molecule has 112 valence electrons. The zero-order chi connectivity index (χ0) is 14.0. The van der Waals surface area contributed by atoms with E-state index in [-0.39, 0.29) is 18.2 Å². The molecule has 6 atom stereocenters. The number of rotatable bonds is 3. The van der Waals surface area contributed by atoms with Crippen molar-refractivity contribution >= 4 is 0 Å². The summed E-state index contributed by atoms with van der Waals surface area (Å²) in [7, 11) is 0. The Morgan fingerprint density at radius 3 is 2.32 bits per heavy atom. The highest BCUT2D eigenvalue weighted by Crippen LogP contribution is 2.37. The van der Waals surface area contributed by atoms with E-state index in [0.717, 1.165) is 25.2 Å². The van der Waals surface area contributed by atoms with E-state index >= 15 is 0 Å². The molecule has 0 radical (unpaired) electrons. The Kier molecular flexibility index (Phi) is 5.27. The molecule has 0 bridgehead atoms. The van der Waals surface area contributed by atoms with Crippen molar-refractivity contribution in [1.29, 1.82) is 0 Å². The van der Waals surface area contributed by atoms with Crippen LogP contribution >= 0.6 is 0 Å². The molecule has 0 amide bonds. The molecule has 19 heavy (non-hydrogen) atoms. The summed E-state index contributed by atoms with van der Waals surface area (Å²) in [6.45, 7) is 7.01. The predicted molar refractivity (Wildman–Crippen MR) is 79.8 cm³/mol. The van der Waals surface area contributed by atoms with Gasteiger partial charge in [-0.05, 0) is 49.9 Å². The Balaban J connectivity index is 1.94. The summed E-state index contributed by atoms with van der Waals surface area (Å²) >= 11 is 0. The molecule has 0 aromatic heterocycles. The van der Waals surface area contributed by atoms with Crippen LogP contribution in [-0.2, 0) is 4.74 Å². The number of hydrogen-bond donors (Lipinski definition) is 2. The van der Waals surface area contributed by atoms with E-state index in [9.17, 15) is 0 Å². The number of hydrogen-bond acceptors (Lipinski definition) is 3. The molecule has 2 saturated carbocycles. The topological polar surface area (TPSA) is 61.3 Å². The van der Waals surface area contributed by atoms with Crippen molar-refractivity contribution in [2.45, 2.75) is 83.6 Å². The molecule has 3 heteroatoms. The average Bonchev–Trinajstić information content (AvgIpc) is 2.32. The quantitative estimate of drug-likeness (QED) is 0.827. The van der Waals surface area contributed by atoms with E-state index in [1.54, 1.807) is 0 Å². The molecule has 0 aliphatic heterocycles. The molecule has 6 unspecified atom stereocenters. The average molecular weight is 268 g/mol. The van der Waals surface area contributed by atoms with Crippen LogP contribution in [0.15, 0.2) is 0 Å². The molecular formula is C16H32N2O. The van der Waals surface area contributed by atoms with Gasteiger partial charge in [0.25, 0.3) is 0 Å². The van der Waals surface area contributed by atoms with Gasteiger partial charge in [-0.3, -0.25) is 0 Å². The lowest BCUT2D eigenvalue weighted by Crippen LogP contribution is -2.49. The van der Waals surface area contributed by atoms with Crippen LogP contribution in [0.25, 0.3) is 0 Å². The lowest BCUT2D eigenvalue weighted by Gasteiger charge is -2.42. The first-order chi connectivity index (χ1) is 8.97. The van der Waals surface area contributed by atoms with Crippen molar-refractivity contribution in [3.63, 3.8) is 0 Å². The highest BCUT2D eigenvalue weighted by molar-refractivity contribution is 4.88. The highest BCUT2D eigenvalue weighted by Gasteiger charge is 2.35. The first kappa shape index (κ1) is 15.3. The smallest absolute Gasteiger partial charge is 0.0731 e. The van der Waals surface area contributed by atoms with Crippen molar-refractivity contribution in [2.75, 3.05) is 0 Å². The third-order valence-electron chi connectivity index (χ3n) is 5.19. The van der Waals surface area contributed by atoms with E-state index in [2.05, 4.69) is 20.8 Å². The number of nitrogens with two attached hydrogens (primary N) is 2. The third kappa shape index (κ3) is 3.93. The van der Waals surface area contributed by atoms with Crippen LogP contribution in [0.4, 0.5) is 0 Å². The normalized spacial score (nSPS) is 44.5. The van der Waals surface area contributed by atoms with Crippen molar-refractivity contribution in [2.24, 2.45) is 29.2 Å². The van der Waals surface area contributed by atoms with Crippen molar-refractivity contribution in [3.05, 3.63) is 0 Å². The maximum Gasteiger partial charge on any atom is 0.0731 e. The SMILES string of the molecule is CC1CCC(C(C)C)C(OC2CCC(N)CC2N)C1. The summed E-state index contributed by atoms with van der Waals surface area (Å²) < 4.78 is 6.46. The van der Waals surface area contributed by atoms with Gasteiger partial charge in [0.05, 0.1) is 12.2 Å². The maximum absolute atomic E-state index is 6.46. The van der Waals surface area contributed by atoms with Crippen LogP contribution in [0, 0.1) is 17.8 Å². The first-order valence-corrected chi connectivity index (χ1v) is 8.14. The zero-order valence-electron chi connectivity index (χ0n) is 12.8. The summed E-state index contributed by atoms with van der Waals surface area (Å²) in [4.78, 5) is 0. The van der Waals surface area contributed by atoms with Crippen LogP contribution < -0.4 is 11.5 Å². The summed E-state index contributed by atoms with van der Waals surface area (Å²) in [5, 5.41) is 0. The minimum absolute atomic E-state index is 0.133. The number of ether oxygens (including phenoxy) is 1. The lowest BCUT2D eigenvalue weighted by atomic mass is 9.75. The minimum atomic E-state index is 0.133. The predicted octanol–water partition coefficient (Wildman–Crippen LogP) is 2.67. The largest absolute Gasteiger partial charge is 0.373 e. The molecule has 0 saturated heterocycles. The fourth-order valence-electron chi connectivity index (χ4n) is 3.88. The van der Waals surface area contributed by atoms with Gasteiger partial charge in [0.15, 0.2) is 0 Å². The summed E-state index contributed by atoms with van der Waals surface area (Å²) in [5.41, 5.74) is 12.2. The Morgan fingerprint density at radius 1 is 0.947 bits per heavy atom. The van der Waals surface area contributed by atoms with Crippen LogP contribution in [0.2, 0.25) is 0 Å². The zero-order valence-corrected chi connectivity index (χ0v) is 12.8. The second kappa shape index (κ2) is 6.55. The van der Waals surface area contributed by atoms with Gasteiger partial charge in [-0.15, -0.1) is 0 Å². The monoisotopic (exact) mass is 268 g/mol. The van der Waals surface area contributed by atoms with E-state index in [1.807, 2.05) is 0 Å². The van der Waals surface area contributed by atoms with Gasteiger partial charge >= 0.3 is 0 Å². The van der Waals surface area contributed by atoms with Crippen molar-refractivity contribution in [1.82, 2.24) is 0 Å². The van der Waals surface area contributed by atoms with Crippen LogP contribution in [0.3, 0.4) is 0 Å². The molecule has 3 nitrogen and oxygen atoms in total. The van der Waals surface area contributed by atoms with Gasteiger partial charge in [-0.25, -0.2) is 0 Å². The standard InChI is InChI=1S/C16H32N2O/c1-10(2)13-6-4-11(3)8-16(13)19-15-7-5-12(17)9-14(15)18/h10-16H,4-9,17-18H2,1-3H3. The Morgan fingerprint density at radius 2 is 1.68 bits per heavy atom. The fraction of sp³-hybridized carbons (Fsp3) is 1.00. The van der Waals surface area contributed by atoms with Crippen LogP contribution in [-0.4, -0.2) is 24.3 Å².